The highest BCUT2D eigenvalue weighted by atomic mass is 32.1. The molecule has 1 aliphatic rings. The molecule has 1 aromatic carbocycles. The van der Waals surface area contributed by atoms with Crippen molar-refractivity contribution < 1.29 is 9.59 Å². The summed E-state index contributed by atoms with van der Waals surface area (Å²) in [6.07, 6.45) is 3.72. The minimum atomic E-state index is -0.210. The van der Waals surface area contributed by atoms with Gasteiger partial charge in [0.1, 0.15) is 0 Å². The first-order chi connectivity index (χ1) is 14.4. The van der Waals surface area contributed by atoms with Gasteiger partial charge in [-0.2, -0.15) is 0 Å². The predicted molar refractivity (Wildman–Crippen MR) is 121 cm³/mol. The maximum absolute atomic E-state index is 12.8. The van der Waals surface area contributed by atoms with Gasteiger partial charge in [0.15, 0.2) is 0 Å². The lowest BCUT2D eigenvalue weighted by Gasteiger charge is -2.45. The average molecular weight is 425 g/mol. The van der Waals surface area contributed by atoms with Crippen LogP contribution in [-0.2, 0) is 17.4 Å². The molecule has 0 radical (unpaired) electrons. The number of piperidine rings is 1. The number of likely N-dealkylation sites (tertiary alicyclic amines) is 1. The van der Waals surface area contributed by atoms with E-state index in [9.17, 15) is 9.59 Å². The molecule has 0 bridgehead atoms. The van der Waals surface area contributed by atoms with Gasteiger partial charge < -0.3 is 14.8 Å². The van der Waals surface area contributed by atoms with Crippen molar-refractivity contribution in [2.75, 3.05) is 33.7 Å². The summed E-state index contributed by atoms with van der Waals surface area (Å²) < 4.78 is 1.98. The Hall–Kier alpha value is -2.64. The molecule has 1 N–H and O–H groups in total. The fourth-order valence-corrected chi connectivity index (χ4v) is 5.51. The number of thiophene rings is 1. The van der Waals surface area contributed by atoms with E-state index >= 15 is 0 Å². The van der Waals surface area contributed by atoms with E-state index in [1.807, 2.05) is 40.9 Å². The fraction of sp³-hybridized carbons (Fsp3) is 0.391. The van der Waals surface area contributed by atoms with E-state index in [4.69, 9.17) is 0 Å². The van der Waals surface area contributed by atoms with Gasteiger partial charge in [-0.3, -0.25) is 14.5 Å². The Balaban J connectivity index is 1.38. The highest BCUT2D eigenvalue weighted by Crippen LogP contribution is 2.39. The summed E-state index contributed by atoms with van der Waals surface area (Å²) in [5, 5.41) is 5.83. The van der Waals surface area contributed by atoms with Gasteiger partial charge in [-0.25, -0.2) is 0 Å². The first-order valence-corrected chi connectivity index (χ1v) is 11.1. The fourth-order valence-electron chi connectivity index (χ4n) is 4.45. The number of aromatic nitrogens is 1. The number of rotatable bonds is 5. The van der Waals surface area contributed by atoms with Gasteiger partial charge in [0.25, 0.3) is 5.91 Å². The van der Waals surface area contributed by atoms with Crippen LogP contribution in [0.3, 0.4) is 0 Å². The second-order valence-corrected chi connectivity index (χ2v) is 9.08. The number of hydrogen-bond acceptors (Lipinski definition) is 4. The summed E-state index contributed by atoms with van der Waals surface area (Å²) >= 11 is 1.78. The van der Waals surface area contributed by atoms with Gasteiger partial charge in [-0.1, -0.05) is 12.1 Å². The van der Waals surface area contributed by atoms with Crippen molar-refractivity contribution in [2.24, 2.45) is 7.05 Å². The van der Waals surface area contributed by atoms with Gasteiger partial charge in [0, 0.05) is 47.7 Å². The van der Waals surface area contributed by atoms with Crippen LogP contribution in [0.25, 0.3) is 10.9 Å². The summed E-state index contributed by atoms with van der Waals surface area (Å²) in [6.45, 7) is 1.41. The zero-order valence-corrected chi connectivity index (χ0v) is 18.5. The summed E-state index contributed by atoms with van der Waals surface area (Å²) in [7, 11) is 6.18. The van der Waals surface area contributed by atoms with Crippen LogP contribution in [-0.4, -0.2) is 59.9 Å². The molecule has 0 atom stereocenters. The van der Waals surface area contributed by atoms with Crippen LogP contribution in [0, 0.1) is 0 Å². The Morgan fingerprint density at radius 1 is 1.13 bits per heavy atom. The summed E-state index contributed by atoms with van der Waals surface area (Å²) in [4.78, 5) is 31.0. The van der Waals surface area contributed by atoms with Gasteiger partial charge in [-0.05, 0) is 56.6 Å². The van der Waals surface area contributed by atoms with E-state index in [1.54, 1.807) is 17.4 Å². The Bertz CT molecular complexity index is 1050. The molecule has 30 heavy (non-hydrogen) atoms. The van der Waals surface area contributed by atoms with Crippen LogP contribution >= 0.6 is 11.3 Å². The van der Waals surface area contributed by atoms with Crippen molar-refractivity contribution in [1.29, 1.82) is 0 Å². The number of carbonyl (C=O) groups is 2. The van der Waals surface area contributed by atoms with Crippen molar-refractivity contribution >= 4 is 34.1 Å². The lowest BCUT2D eigenvalue weighted by molar-refractivity contribution is -0.132. The highest BCUT2D eigenvalue weighted by Gasteiger charge is 2.40. The third kappa shape index (κ3) is 3.63. The van der Waals surface area contributed by atoms with Crippen molar-refractivity contribution in [3.05, 3.63) is 58.4 Å². The van der Waals surface area contributed by atoms with Crippen LogP contribution < -0.4 is 5.32 Å². The third-order valence-electron chi connectivity index (χ3n) is 6.35. The van der Waals surface area contributed by atoms with Crippen molar-refractivity contribution in [1.82, 2.24) is 19.7 Å². The molecule has 2 amide bonds. The van der Waals surface area contributed by atoms with E-state index in [0.717, 1.165) is 23.7 Å². The zero-order valence-electron chi connectivity index (χ0n) is 17.7. The Labute approximate surface area is 181 Å². The Morgan fingerprint density at radius 2 is 1.90 bits per heavy atom. The van der Waals surface area contributed by atoms with Crippen molar-refractivity contribution in [2.45, 2.75) is 18.4 Å². The molecule has 6 nitrogen and oxygen atoms in total. The van der Waals surface area contributed by atoms with E-state index in [0.29, 0.717) is 18.7 Å². The minimum absolute atomic E-state index is 0.0167. The lowest BCUT2D eigenvalue weighted by atomic mass is 9.84. The average Bonchev–Trinajstić information content (AvgIpc) is 3.42. The first kappa shape index (κ1) is 20.6. The second-order valence-electron chi connectivity index (χ2n) is 8.13. The highest BCUT2D eigenvalue weighted by molar-refractivity contribution is 7.10. The molecule has 158 valence electrons. The van der Waals surface area contributed by atoms with Crippen LogP contribution in [0.5, 0.6) is 0 Å². The molecule has 2 aromatic heterocycles. The van der Waals surface area contributed by atoms with Gasteiger partial charge in [0.05, 0.1) is 12.1 Å². The third-order valence-corrected chi connectivity index (χ3v) is 7.42. The molecule has 3 aromatic rings. The number of benzene rings is 1. The number of aryl methyl sites for hydroxylation is 1. The molecule has 1 aliphatic heterocycles. The predicted octanol–water partition coefficient (Wildman–Crippen LogP) is 3.05. The Morgan fingerprint density at radius 3 is 2.57 bits per heavy atom. The zero-order chi connectivity index (χ0) is 21.3. The van der Waals surface area contributed by atoms with E-state index < -0.39 is 0 Å². The smallest absolute Gasteiger partial charge is 0.252 e. The van der Waals surface area contributed by atoms with Crippen LogP contribution in [0.1, 0.15) is 28.1 Å². The number of hydrogen-bond donors (Lipinski definition) is 1. The summed E-state index contributed by atoms with van der Waals surface area (Å²) in [5.41, 5.74) is 1.58. The number of nitrogens with zero attached hydrogens (tertiary/aromatic N) is 3. The SMILES string of the molecule is CN(C)C1(c2cccs2)CCN(C(=O)CNC(=O)c2cccc3c2ccn3C)CC1. The molecular weight excluding hydrogens is 396 g/mol. The summed E-state index contributed by atoms with van der Waals surface area (Å²) in [6, 6.07) is 11.9. The van der Waals surface area contributed by atoms with Crippen LogP contribution in [0.15, 0.2) is 48.0 Å². The molecule has 0 spiro atoms. The monoisotopic (exact) mass is 424 g/mol. The molecule has 3 heterocycles. The van der Waals surface area contributed by atoms with Crippen LogP contribution in [0.4, 0.5) is 0 Å². The maximum atomic E-state index is 12.8. The molecule has 1 fully saturated rings. The van der Waals surface area contributed by atoms with Gasteiger partial charge in [-0.15, -0.1) is 11.3 Å². The minimum Gasteiger partial charge on any atom is -0.351 e. The topological polar surface area (TPSA) is 57.6 Å². The Kier molecular flexibility index (Phi) is 5.66. The van der Waals surface area contributed by atoms with Crippen molar-refractivity contribution in [3.63, 3.8) is 0 Å². The molecular formula is C23H28N4O2S. The summed E-state index contributed by atoms with van der Waals surface area (Å²) in [5.74, 6) is -0.236. The van der Waals surface area contributed by atoms with Gasteiger partial charge >= 0.3 is 0 Å². The van der Waals surface area contributed by atoms with E-state index in [2.05, 4.69) is 41.8 Å². The number of carbonyl (C=O) groups excluding carboxylic acids is 2. The molecule has 7 heteroatoms. The number of amides is 2. The first-order valence-electron chi connectivity index (χ1n) is 10.2. The second kappa shape index (κ2) is 8.24. The quantitative estimate of drug-likeness (QED) is 0.685. The number of nitrogens with one attached hydrogen (secondary N) is 1. The molecule has 0 aliphatic carbocycles. The van der Waals surface area contributed by atoms with Crippen LogP contribution in [0.2, 0.25) is 0 Å². The number of fused-ring (bicyclic) bond motifs is 1. The molecule has 4 rings (SSSR count). The molecule has 0 unspecified atom stereocenters. The maximum Gasteiger partial charge on any atom is 0.252 e. The largest absolute Gasteiger partial charge is 0.351 e. The lowest BCUT2D eigenvalue weighted by Crippen LogP contribution is -2.52. The normalized spacial score (nSPS) is 16.2. The van der Waals surface area contributed by atoms with E-state index in [-0.39, 0.29) is 23.9 Å². The van der Waals surface area contributed by atoms with E-state index in [1.165, 1.54) is 4.88 Å². The molecule has 1 saturated heterocycles. The van der Waals surface area contributed by atoms with Crippen molar-refractivity contribution in [3.8, 4) is 0 Å². The molecule has 0 saturated carbocycles. The van der Waals surface area contributed by atoms with Gasteiger partial charge in [0.2, 0.25) is 5.91 Å². The standard InChI is InChI=1S/C23H28N4O2S/c1-25(2)23(20-8-5-15-30-20)10-13-27(14-11-23)21(28)16-24-22(29)18-6-4-7-19-17(18)9-12-26(19)3/h4-9,12,15H,10-11,13-14,16H2,1-3H3,(H,24,29).